The summed E-state index contributed by atoms with van der Waals surface area (Å²) in [5, 5.41) is 8.90. The molecule has 140 valence electrons. The Hall–Kier alpha value is -0.960. The summed E-state index contributed by atoms with van der Waals surface area (Å²) in [6.45, 7) is 0.330. The lowest BCUT2D eigenvalue weighted by Crippen LogP contribution is -2.25. The summed E-state index contributed by atoms with van der Waals surface area (Å²) in [5.74, 6) is 1.54. The van der Waals surface area contributed by atoms with E-state index in [9.17, 15) is 8.78 Å². The summed E-state index contributed by atoms with van der Waals surface area (Å²) < 4.78 is 26.6. The van der Waals surface area contributed by atoms with Crippen molar-refractivity contribution in [1.82, 2.24) is 0 Å². The first kappa shape index (κ1) is 18.8. The molecule has 0 heterocycles. The van der Waals surface area contributed by atoms with Gasteiger partial charge in [-0.25, -0.2) is 8.78 Å². The van der Waals surface area contributed by atoms with Gasteiger partial charge in [0.1, 0.15) is 0 Å². The average Bonchev–Trinajstić information content (AvgIpc) is 2.65. The summed E-state index contributed by atoms with van der Waals surface area (Å²) in [6, 6.07) is 4.44. The van der Waals surface area contributed by atoms with Crippen molar-refractivity contribution < 1.29 is 13.9 Å². The summed E-state index contributed by atoms with van der Waals surface area (Å²) in [6.07, 6.45) is 13.6. The van der Waals surface area contributed by atoms with E-state index in [0.717, 1.165) is 42.6 Å². The fourth-order valence-corrected chi connectivity index (χ4v) is 5.18. The Balaban J connectivity index is 1.43. The van der Waals surface area contributed by atoms with Gasteiger partial charge in [-0.05, 0) is 86.3 Å². The minimum atomic E-state index is -0.742. The third-order valence-electron chi connectivity index (χ3n) is 6.77. The molecule has 0 radical (unpaired) electrons. The van der Waals surface area contributed by atoms with E-state index in [-0.39, 0.29) is 0 Å². The fraction of sp³-hybridized carbons (Fsp3) is 0.727. The molecule has 2 fully saturated rings. The number of rotatable bonds is 6. The van der Waals surface area contributed by atoms with Crippen molar-refractivity contribution >= 4 is 0 Å². The van der Waals surface area contributed by atoms with Crippen molar-refractivity contribution in [3.05, 3.63) is 35.4 Å². The summed E-state index contributed by atoms with van der Waals surface area (Å²) >= 11 is 0. The van der Waals surface area contributed by atoms with Crippen LogP contribution in [-0.2, 0) is 0 Å². The summed E-state index contributed by atoms with van der Waals surface area (Å²) in [5.41, 5.74) is 0.977. The maximum atomic E-state index is 13.5. The van der Waals surface area contributed by atoms with Crippen molar-refractivity contribution in [2.45, 2.75) is 76.5 Å². The first-order valence-electron chi connectivity index (χ1n) is 10.2. The summed E-state index contributed by atoms with van der Waals surface area (Å²) in [4.78, 5) is 0. The van der Waals surface area contributed by atoms with Crippen molar-refractivity contribution in [1.29, 1.82) is 0 Å². The molecule has 3 heteroatoms. The molecule has 0 bridgehead atoms. The number of unbranched alkanes of at least 4 members (excludes halogenated alkanes) is 1. The molecule has 3 rings (SSSR count). The molecule has 2 saturated carbocycles. The van der Waals surface area contributed by atoms with Crippen molar-refractivity contribution in [2.24, 2.45) is 17.8 Å². The van der Waals surface area contributed by atoms with Gasteiger partial charge in [-0.15, -0.1) is 0 Å². The maximum Gasteiger partial charge on any atom is 0.159 e. The standard InChI is InChI=1S/C22H32F2O/c23-21-13-12-20(15-22(21)24)19-10-8-18(9-11-19)17-6-4-16(5-7-17)3-1-2-14-25/h12-13,15-19,25H,1-11,14H2. The second kappa shape index (κ2) is 9.12. The molecular formula is C22H32F2O. The predicted molar refractivity (Wildman–Crippen MR) is 97.4 cm³/mol. The average molecular weight is 350 g/mol. The number of aliphatic hydroxyl groups excluding tert-OH is 1. The minimum Gasteiger partial charge on any atom is -0.396 e. The fourth-order valence-electron chi connectivity index (χ4n) is 5.18. The van der Waals surface area contributed by atoms with E-state index in [4.69, 9.17) is 5.11 Å². The van der Waals surface area contributed by atoms with Crippen molar-refractivity contribution in [2.75, 3.05) is 6.61 Å². The molecule has 1 aromatic carbocycles. The van der Waals surface area contributed by atoms with Gasteiger partial charge < -0.3 is 5.11 Å². The van der Waals surface area contributed by atoms with E-state index in [1.807, 2.05) is 0 Å². The van der Waals surface area contributed by atoms with Crippen LogP contribution in [0.15, 0.2) is 18.2 Å². The van der Waals surface area contributed by atoms with Crippen LogP contribution in [0.2, 0.25) is 0 Å². The van der Waals surface area contributed by atoms with E-state index in [1.54, 1.807) is 6.07 Å². The SMILES string of the molecule is OCCCCC1CCC(C2CCC(c3ccc(F)c(F)c3)CC2)CC1. The Morgan fingerprint density at radius 3 is 2.04 bits per heavy atom. The van der Waals surface area contributed by atoms with Gasteiger partial charge in [-0.3, -0.25) is 0 Å². The molecule has 25 heavy (non-hydrogen) atoms. The van der Waals surface area contributed by atoms with Crippen molar-refractivity contribution in [3.63, 3.8) is 0 Å². The Bertz CT molecular complexity index is 529. The van der Waals surface area contributed by atoms with Crippen LogP contribution in [-0.4, -0.2) is 11.7 Å². The molecule has 0 aromatic heterocycles. The van der Waals surface area contributed by atoms with Gasteiger partial charge in [0.25, 0.3) is 0 Å². The number of halogens is 2. The molecule has 2 aliphatic carbocycles. The Labute approximate surface area is 150 Å². The lowest BCUT2D eigenvalue weighted by atomic mass is 9.68. The highest BCUT2D eigenvalue weighted by molar-refractivity contribution is 5.22. The minimum absolute atomic E-state index is 0.330. The zero-order valence-corrected chi connectivity index (χ0v) is 15.2. The Morgan fingerprint density at radius 1 is 0.800 bits per heavy atom. The smallest absolute Gasteiger partial charge is 0.159 e. The van der Waals surface area contributed by atoms with Crippen LogP contribution in [0.3, 0.4) is 0 Å². The molecule has 0 spiro atoms. The number of aliphatic hydroxyl groups is 1. The topological polar surface area (TPSA) is 20.2 Å². The third kappa shape index (κ3) is 5.03. The molecular weight excluding hydrogens is 318 g/mol. The molecule has 2 aliphatic rings. The Kier molecular flexibility index (Phi) is 6.86. The van der Waals surface area contributed by atoms with Crippen LogP contribution in [0.25, 0.3) is 0 Å². The van der Waals surface area contributed by atoms with E-state index >= 15 is 0 Å². The van der Waals surface area contributed by atoms with Crippen LogP contribution in [0.1, 0.15) is 82.1 Å². The van der Waals surface area contributed by atoms with Crippen LogP contribution in [0.4, 0.5) is 8.78 Å². The third-order valence-corrected chi connectivity index (χ3v) is 6.77. The van der Waals surface area contributed by atoms with E-state index in [2.05, 4.69) is 0 Å². The van der Waals surface area contributed by atoms with Gasteiger partial charge in [0, 0.05) is 6.61 Å². The maximum absolute atomic E-state index is 13.5. The number of hydrogen-bond acceptors (Lipinski definition) is 1. The highest BCUT2D eigenvalue weighted by Crippen LogP contribution is 2.44. The molecule has 0 amide bonds. The zero-order chi connectivity index (χ0) is 17.6. The lowest BCUT2D eigenvalue weighted by molar-refractivity contribution is 0.154. The highest BCUT2D eigenvalue weighted by Gasteiger charge is 2.31. The lowest BCUT2D eigenvalue weighted by Gasteiger charge is -2.38. The van der Waals surface area contributed by atoms with Crippen LogP contribution < -0.4 is 0 Å². The van der Waals surface area contributed by atoms with E-state index < -0.39 is 11.6 Å². The van der Waals surface area contributed by atoms with E-state index in [0.29, 0.717) is 12.5 Å². The molecule has 1 aromatic rings. The second-order valence-corrected chi connectivity index (χ2v) is 8.29. The van der Waals surface area contributed by atoms with Gasteiger partial charge in [0.2, 0.25) is 0 Å². The Morgan fingerprint density at radius 2 is 1.44 bits per heavy atom. The molecule has 1 nitrogen and oxygen atoms in total. The molecule has 0 aliphatic heterocycles. The van der Waals surface area contributed by atoms with Gasteiger partial charge >= 0.3 is 0 Å². The number of benzene rings is 1. The van der Waals surface area contributed by atoms with Gasteiger partial charge in [-0.2, -0.15) is 0 Å². The molecule has 0 atom stereocenters. The van der Waals surface area contributed by atoms with Gasteiger partial charge in [0.05, 0.1) is 0 Å². The monoisotopic (exact) mass is 350 g/mol. The number of hydrogen-bond donors (Lipinski definition) is 1. The zero-order valence-electron chi connectivity index (χ0n) is 15.2. The summed E-state index contributed by atoms with van der Waals surface area (Å²) in [7, 11) is 0. The van der Waals surface area contributed by atoms with Gasteiger partial charge in [0.15, 0.2) is 11.6 Å². The van der Waals surface area contributed by atoms with Gasteiger partial charge in [-0.1, -0.05) is 31.7 Å². The molecule has 0 saturated heterocycles. The van der Waals surface area contributed by atoms with Crippen molar-refractivity contribution in [3.8, 4) is 0 Å². The highest BCUT2D eigenvalue weighted by atomic mass is 19.2. The quantitative estimate of drug-likeness (QED) is 0.605. The predicted octanol–water partition coefficient (Wildman–Crippen LogP) is 6.21. The van der Waals surface area contributed by atoms with E-state index in [1.165, 1.54) is 63.5 Å². The van der Waals surface area contributed by atoms with Crippen LogP contribution in [0, 0.1) is 29.4 Å². The molecule has 0 unspecified atom stereocenters. The first-order chi connectivity index (χ1) is 12.2. The largest absolute Gasteiger partial charge is 0.396 e. The molecule has 1 N–H and O–H groups in total. The van der Waals surface area contributed by atoms with Crippen LogP contribution >= 0.6 is 0 Å². The first-order valence-corrected chi connectivity index (χ1v) is 10.2. The normalized spacial score (nSPS) is 30.4. The van der Waals surface area contributed by atoms with Crippen LogP contribution in [0.5, 0.6) is 0 Å². The second-order valence-electron chi connectivity index (χ2n) is 8.29.